The Hall–Kier alpha value is -3.26. The molecule has 8 heteroatoms. The first-order valence-corrected chi connectivity index (χ1v) is 8.54. The number of carboxylic acids is 1. The van der Waals surface area contributed by atoms with Crippen LogP contribution in [0.3, 0.4) is 0 Å². The van der Waals surface area contributed by atoms with E-state index in [0.29, 0.717) is 21.8 Å². The molecule has 26 heavy (non-hydrogen) atoms. The van der Waals surface area contributed by atoms with Gasteiger partial charge in [0.15, 0.2) is 0 Å². The Morgan fingerprint density at radius 1 is 1.35 bits per heavy atom. The van der Waals surface area contributed by atoms with Crippen molar-refractivity contribution in [2.45, 2.75) is 6.42 Å². The Balaban J connectivity index is 2.09. The number of hydrogen-bond donors (Lipinski definition) is 2. The van der Waals surface area contributed by atoms with Crippen molar-refractivity contribution in [1.82, 2.24) is 4.98 Å². The maximum absolute atomic E-state index is 11.3. The minimum atomic E-state index is -0.989. The largest absolute Gasteiger partial charge is 0.481 e. The molecule has 7 nitrogen and oxygen atoms in total. The highest BCUT2D eigenvalue weighted by molar-refractivity contribution is 7.19. The van der Waals surface area contributed by atoms with Crippen LogP contribution in [0.15, 0.2) is 42.5 Å². The molecule has 2 N–H and O–H groups in total. The number of aromatic nitrogens is 1. The van der Waals surface area contributed by atoms with Gasteiger partial charge < -0.3 is 10.4 Å². The van der Waals surface area contributed by atoms with Gasteiger partial charge in [-0.25, -0.2) is 4.98 Å². The van der Waals surface area contributed by atoms with Gasteiger partial charge in [-0.15, -0.1) is 11.3 Å². The summed E-state index contributed by atoms with van der Waals surface area (Å²) in [7, 11) is 1.61. The van der Waals surface area contributed by atoms with Crippen molar-refractivity contribution in [3.63, 3.8) is 0 Å². The molecule has 132 valence electrons. The van der Waals surface area contributed by atoms with Gasteiger partial charge in [0.2, 0.25) is 0 Å². The maximum Gasteiger partial charge on any atom is 0.307 e. The summed E-state index contributed by atoms with van der Waals surface area (Å²) in [5.41, 5.74) is 2.17. The third-order valence-electron chi connectivity index (χ3n) is 3.74. The second kappa shape index (κ2) is 7.32. The van der Waals surface area contributed by atoms with Gasteiger partial charge in [0.1, 0.15) is 10.7 Å². The van der Waals surface area contributed by atoms with Gasteiger partial charge in [-0.1, -0.05) is 18.2 Å². The van der Waals surface area contributed by atoms with Crippen molar-refractivity contribution in [3.8, 4) is 0 Å². The summed E-state index contributed by atoms with van der Waals surface area (Å²) in [6, 6.07) is 12.3. The van der Waals surface area contributed by atoms with Crippen molar-refractivity contribution in [1.29, 1.82) is 0 Å². The Bertz CT molecular complexity index is 993. The molecule has 0 bridgehead atoms. The highest BCUT2D eigenvalue weighted by Crippen LogP contribution is 2.32. The number of nitro groups is 1. The zero-order valence-corrected chi connectivity index (χ0v) is 14.6. The van der Waals surface area contributed by atoms with Crippen molar-refractivity contribution < 1.29 is 14.8 Å². The van der Waals surface area contributed by atoms with Gasteiger partial charge in [-0.2, -0.15) is 0 Å². The second-order valence-corrected chi connectivity index (χ2v) is 6.54. The first-order chi connectivity index (χ1) is 12.5. The first kappa shape index (κ1) is 17.6. The molecule has 0 atom stereocenters. The number of benzene rings is 2. The van der Waals surface area contributed by atoms with Crippen LogP contribution in [0.1, 0.15) is 17.0 Å². The molecule has 3 aromatic rings. The fourth-order valence-corrected chi connectivity index (χ4v) is 3.54. The lowest BCUT2D eigenvalue weighted by Gasteiger charge is -2.05. The predicted octanol–water partition coefficient (Wildman–Crippen LogP) is 4.26. The van der Waals surface area contributed by atoms with Crippen molar-refractivity contribution >= 4 is 50.5 Å². The lowest BCUT2D eigenvalue weighted by Crippen LogP contribution is -1.98. The number of nitrogens with zero attached hydrogens (tertiary/aromatic N) is 2. The minimum Gasteiger partial charge on any atom is -0.481 e. The molecular weight excluding hydrogens is 354 g/mol. The van der Waals surface area contributed by atoms with Crippen LogP contribution >= 0.6 is 11.3 Å². The molecule has 0 radical (unpaired) electrons. The van der Waals surface area contributed by atoms with Crippen LogP contribution in [-0.4, -0.2) is 28.0 Å². The van der Waals surface area contributed by atoms with E-state index in [9.17, 15) is 20.0 Å². The van der Waals surface area contributed by atoms with Gasteiger partial charge in [-0.3, -0.25) is 14.9 Å². The fourth-order valence-electron chi connectivity index (χ4n) is 2.56. The van der Waals surface area contributed by atoms with E-state index >= 15 is 0 Å². The number of fused-ring (bicyclic) bond motifs is 1. The SMILES string of the molecule is CNc1ccc(/C=C(\CC(=O)O)c2nc3ccccc3s2)cc1[N+](=O)[O-]. The van der Waals surface area contributed by atoms with E-state index in [1.807, 2.05) is 24.3 Å². The van der Waals surface area contributed by atoms with Crippen LogP contribution in [0, 0.1) is 10.1 Å². The van der Waals surface area contributed by atoms with E-state index in [4.69, 9.17) is 0 Å². The normalized spacial score (nSPS) is 11.5. The lowest BCUT2D eigenvalue weighted by atomic mass is 10.1. The lowest BCUT2D eigenvalue weighted by molar-refractivity contribution is -0.383. The minimum absolute atomic E-state index is 0.0692. The van der Waals surface area contributed by atoms with Gasteiger partial charge in [0.25, 0.3) is 5.69 Å². The molecule has 0 fully saturated rings. The Kier molecular flexibility index (Phi) is 4.94. The van der Waals surface area contributed by atoms with E-state index in [2.05, 4.69) is 10.3 Å². The predicted molar refractivity (Wildman–Crippen MR) is 102 cm³/mol. The third-order valence-corrected chi connectivity index (χ3v) is 4.85. The summed E-state index contributed by atoms with van der Waals surface area (Å²) in [4.78, 5) is 26.5. The second-order valence-electron chi connectivity index (χ2n) is 5.51. The van der Waals surface area contributed by atoms with E-state index in [-0.39, 0.29) is 12.1 Å². The summed E-state index contributed by atoms with van der Waals surface area (Å²) in [6.07, 6.45) is 1.42. The molecule has 0 saturated carbocycles. The zero-order chi connectivity index (χ0) is 18.7. The molecule has 0 spiro atoms. The molecular formula is C18H15N3O4S. The van der Waals surface area contributed by atoms with Crippen LogP contribution in [0.25, 0.3) is 21.9 Å². The van der Waals surface area contributed by atoms with Crippen molar-refractivity contribution in [2.24, 2.45) is 0 Å². The molecule has 0 aliphatic rings. The molecule has 1 heterocycles. The number of thiazole rings is 1. The van der Waals surface area contributed by atoms with Gasteiger partial charge in [-0.05, 0) is 35.4 Å². The highest BCUT2D eigenvalue weighted by Gasteiger charge is 2.16. The third kappa shape index (κ3) is 3.70. The van der Waals surface area contributed by atoms with E-state index < -0.39 is 10.9 Å². The highest BCUT2D eigenvalue weighted by atomic mass is 32.1. The Morgan fingerprint density at radius 3 is 2.77 bits per heavy atom. The smallest absolute Gasteiger partial charge is 0.307 e. The fraction of sp³-hybridized carbons (Fsp3) is 0.111. The number of aliphatic carboxylic acids is 1. The maximum atomic E-state index is 11.3. The number of carbonyl (C=O) groups is 1. The van der Waals surface area contributed by atoms with Gasteiger partial charge in [0, 0.05) is 13.1 Å². The summed E-state index contributed by atoms with van der Waals surface area (Å²) in [5.74, 6) is -0.989. The molecule has 1 aromatic heterocycles. The quantitative estimate of drug-likeness (QED) is 0.497. The monoisotopic (exact) mass is 369 g/mol. The Morgan fingerprint density at radius 2 is 2.12 bits per heavy atom. The van der Waals surface area contributed by atoms with E-state index in [0.717, 1.165) is 10.2 Å². The molecule has 0 saturated heterocycles. The number of rotatable bonds is 6. The van der Waals surface area contributed by atoms with Crippen LogP contribution in [-0.2, 0) is 4.79 Å². The molecule has 2 aromatic carbocycles. The summed E-state index contributed by atoms with van der Waals surface area (Å²) in [5, 5.41) is 23.8. The number of carboxylic acid groups (broad SMARTS) is 1. The standard InChI is InChI=1S/C18H15N3O4S/c1-19-13-7-6-11(9-15(13)21(24)25)8-12(10-17(22)23)18-20-14-4-2-3-5-16(14)26-18/h2-9,19H,10H2,1H3,(H,22,23)/b12-8+. The topological polar surface area (TPSA) is 105 Å². The Labute approximate surface area is 152 Å². The van der Waals surface area contributed by atoms with Crippen molar-refractivity contribution in [3.05, 3.63) is 63.1 Å². The van der Waals surface area contributed by atoms with Crippen LogP contribution in [0.5, 0.6) is 0 Å². The number of hydrogen-bond acceptors (Lipinski definition) is 6. The zero-order valence-electron chi connectivity index (χ0n) is 13.8. The van der Waals surface area contributed by atoms with E-state index in [1.165, 1.54) is 17.4 Å². The molecule has 3 rings (SSSR count). The van der Waals surface area contributed by atoms with Crippen molar-refractivity contribution in [2.75, 3.05) is 12.4 Å². The number of nitrogens with one attached hydrogen (secondary N) is 1. The average Bonchev–Trinajstić information content (AvgIpc) is 3.04. The number of para-hydroxylation sites is 1. The molecule has 0 amide bonds. The summed E-state index contributed by atoms with van der Waals surface area (Å²) in [6.45, 7) is 0. The molecule has 0 aliphatic heterocycles. The average molecular weight is 369 g/mol. The van der Waals surface area contributed by atoms with Gasteiger partial charge >= 0.3 is 5.97 Å². The van der Waals surface area contributed by atoms with Crippen LogP contribution in [0.2, 0.25) is 0 Å². The van der Waals surface area contributed by atoms with Crippen LogP contribution in [0.4, 0.5) is 11.4 Å². The first-order valence-electron chi connectivity index (χ1n) is 7.72. The molecule has 0 unspecified atom stereocenters. The summed E-state index contributed by atoms with van der Waals surface area (Å²) < 4.78 is 0.954. The summed E-state index contributed by atoms with van der Waals surface area (Å²) >= 11 is 1.40. The molecule has 0 aliphatic carbocycles. The van der Waals surface area contributed by atoms with Crippen LogP contribution < -0.4 is 5.32 Å². The number of anilines is 1. The number of nitro benzene ring substituents is 1. The van der Waals surface area contributed by atoms with Gasteiger partial charge in [0.05, 0.1) is 21.6 Å². The van der Waals surface area contributed by atoms with E-state index in [1.54, 1.807) is 25.3 Å².